The molecule has 7 heteroatoms. The molecule has 4 rings (SSSR count). The number of esters is 1. The Bertz CT molecular complexity index is 1100. The molecule has 1 aliphatic heterocycles. The summed E-state index contributed by atoms with van der Waals surface area (Å²) in [6.45, 7) is 3.19. The fourth-order valence-electron chi connectivity index (χ4n) is 3.51. The van der Waals surface area contributed by atoms with Gasteiger partial charge in [-0.3, -0.25) is 9.78 Å². The van der Waals surface area contributed by atoms with Crippen LogP contribution in [0.5, 0.6) is 5.75 Å². The van der Waals surface area contributed by atoms with Gasteiger partial charge in [-0.05, 0) is 42.3 Å². The summed E-state index contributed by atoms with van der Waals surface area (Å²) in [6, 6.07) is 9.75. The van der Waals surface area contributed by atoms with E-state index in [4.69, 9.17) is 26.1 Å². The van der Waals surface area contributed by atoms with Gasteiger partial charge in [0.25, 0.3) is 0 Å². The molecule has 0 amide bonds. The molecule has 144 valence electrons. The molecule has 0 saturated heterocycles. The molecule has 1 N–H and O–H groups in total. The molecule has 0 atom stereocenters. The van der Waals surface area contributed by atoms with Gasteiger partial charge < -0.3 is 14.8 Å². The second-order valence-electron chi connectivity index (χ2n) is 6.54. The van der Waals surface area contributed by atoms with Crippen molar-refractivity contribution in [1.82, 2.24) is 4.98 Å². The average Bonchev–Trinajstić information content (AvgIpc) is 2.69. The molecule has 0 saturated carbocycles. The van der Waals surface area contributed by atoms with E-state index in [2.05, 4.69) is 21.2 Å². The van der Waals surface area contributed by atoms with Crippen molar-refractivity contribution >= 4 is 50.1 Å². The Morgan fingerprint density at radius 3 is 2.96 bits per heavy atom. The SMILES string of the molecule is COC(=O)Cc1c(C)nc2cc(Br)ccc2c1-c1ccc2c(c1Cl)NCCO2. The van der Waals surface area contributed by atoms with Crippen LogP contribution in [0.3, 0.4) is 0 Å². The molecule has 2 aromatic carbocycles. The fraction of sp³-hybridized carbons (Fsp3) is 0.238. The highest BCUT2D eigenvalue weighted by molar-refractivity contribution is 9.10. The van der Waals surface area contributed by atoms with Gasteiger partial charge in [0.2, 0.25) is 0 Å². The number of fused-ring (bicyclic) bond motifs is 2. The van der Waals surface area contributed by atoms with E-state index < -0.39 is 0 Å². The van der Waals surface area contributed by atoms with E-state index in [0.29, 0.717) is 18.2 Å². The summed E-state index contributed by atoms with van der Waals surface area (Å²) in [5.41, 5.74) is 4.89. The van der Waals surface area contributed by atoms with Crippen LogP contribution in [0, 0.1) is 6.92 Å². The number of methoxy groups -OCH3 is 1. The van der Waals surface area contributed by atoms with Crippen molar-refractivity contribution in [3.05, 3.63) is 51.1 Å². The first-order valence-corrected chi connectivity index (χ1v) is 10.0. The number of nitrogens with one attached hydrogen (secondary N) is 1. The highest BCUT2D eigenvalue weighted by Crippen LogP contribution is 2.45. The van der Waals surface area contributed by atoms with Crippen LogP contribution in [0.25, 0.3) is 22.0 Å². The molecule has 3 aromatic rings. The Morgan fingerprint density at radius 1 is 1.36 bits per heavy atom. The summed E-state index contributed by atoms with van der Waals surface area (Å²) >= 11 is 10.3. The number of carbonyl (C=O) groups is 1. The molecule has 28 heavy (non-hydrogen) atoms. The van der Waals surface area contributed by atoms with Crippen molar-refractivity contribution in [2.75, 3.05) is 25.6 Å². The summed E-state index contributed by atoms with van der Waals surface area (Å²) in [6.07, 6.45) is 0.119. The van der Waals surface area contributed by atoms with Crippen LogP contribution in [0.1, 0.15) is 11.3 Å². The lowest BCUT2D eigenvalue weighted by atomic mass is 9.92. The van der Waals surface area contributed by atoms with Gasteiger partial charge in [-0.25, -0.2) is 0 Å². The molecule has 1 aliphatic rings. The number of carbonyl (C=O) groups excluding carboxylic acids is 1. The van der Waals surface area contributed by atoms with E-state index in [0.717, 1.165) is 49.2 Å². The number of anilines is 1. The smallest absolute Gasteiger partial charge is 0.310 e. The first-order valence-electron chi connectivity index (χ1n) is 8.84. The van der Waals surface area contributed by atoms with E-state index in [-0.39, 0.29) is 12.4 Å². The summed E-state index contributed by atoms with van der Waals surface area (Å²) < 4.78 is 11.5. The number of benzene rings is 2. The van der Waals surface area contributed by atoms with E-state index in [9.17, 15) is 4.79 Å². The van der Waals surface area contributed by atoms with Crippen molar-refractivity contribution in [3.63, 3.8) is 0 Å². The summed E-state index contributed by atoms with van der Waals surface area (Å²) in [7, 11) is 1.38. The molecule has 1 aromatic heterocycles. The molecule has 0 unspecified atom stereocenters. The Labute approximate surface area is 176 Å². The van der Waals surface area contributed by atoms with Crippen LogP contribution in [0.15, 0.2) is 34.8 Å². The van der Waals surface area contributed by atoms with Crippen LogP contribution >= 0.6 is 27.5 Å². The molecule has 0 fully saturated rings. The number of aryl methyl sites for hydroxylation is 1. The lowest BCUT2D eigenvalue weighted by Crippen LogP contribution is -2.18. The minimum Gasteiger partial charge on any atom is -0.490 e. The third kappa shape index (κ3) is 3.31. The van der Waals surface area contributed by atoms with Crippen LogP contribution in [0.2, 0.25) is 5.02 Å². The lowest BCUT2D eigenvalue weighted by Gasteiger charge is -2.23. The summed E-state index contributed by atoms with van der Waals surface area (Å²) in [5, 5.41) is 4.80. The molecule has 5 nitrogen and oxygen atoms in total. The monoisotopic (exact) mass is 460 g/mol. The second-order valence-corrected chi connectivity index (χ2v) is 7.83. The minimum absolute atomic E-state index is 0.119. The van der Waals surface area contributed by atoms with Crippen LogP contribution < -0.4 is 10.1 Å². The number of hydrogen-bond acceptors (Lipinski definition) is 5. The van der Waals surface area contributed by atoms with Crippen molar-refractivity contribution in [2.45, 2.75) is 13.3 Å². The highest BCUT2D eigenvalue weighted by Gasteiger charge is 2.23. The van der Waals surface area contributed by atoms with Crippen LogP contribution in [-0.2, 0) is 16.0 Å². The molecule has 0 spiro atoms. The third-order valence-electron chi connectivity index (χ3n) is 4.84. The molecular formula is C21H18BrClN2O3. The predicted octanol–water partition coefficient (Wildman–Crippen LogP) is 5.15. The molecule has 2 heterocycles. The number of pyridine rings is 1. The topological polar surface area (TPSA) is 60.5 Å². The quantitative estimate of drug-likeness (QED) is 0.547. The van der Waals surface area contributed by atoms with Crippen LogP contribution in [-0.4, -0.2) is 31.2 Å². The largest absolute Gasteiger partial charge is 0.490 e. The molecule has 0 bridgehead atoms. The van der Waals surface area contributed by atoms with Crippen LogP contribution in [0.4, 0.5) is 5.69 Å². The van der Waals surface area contributed by atoms with Gasteiger partial charge in [0, 0.05) is 27.7 Å². The lowest BCUT2D eigenvalue weighted by molar-refractivity contribution is -0.139. The number of hydrogen-bond donors (Lipinski definition) is 1. The van der Waals surface area contributed by atoms with Crippen molar-refractivity contribution < 1.29 is 14.3 Å². The summed E-state index contributed by atoms with van der Waals surface area (Å²) in [4.78, 5) is 16.8. The standard InChI is InChI=1S/C21H18BrClN2O3/c1-11-15(10-18(26)27-2)19(13-4-3-12(22)9-16(13)25-11)14-5-6-17-21(20(14)23)24-7-8-28-17/h3-6,9,24H,7-8,10H2,1-2H3. The van der Waals surface area contributed by atoms with E-state index in [1.54, 1.807) is 0 Å². The zero-order chi connectivity index (χ0) is 19.8. The Morgan fingerprint density at radius 2 is 2.18 bits per heavy atom. The van der Waals surface area contributed by atoms with Gasteiger partial charge in [-0.15, -0.1) is 0 Å². The maximum atomic E-state index is 12.1. The first kappa shape index (κ1) is 19.0. The van der Waals surface area contributed by atoms with Gasteiger partial charge in [0.05, 0.1) is 29.8 Å². The maximum absolute atomic E-state index is 12.1. The number of halogens is 2. The predicted molar refractivity (Wildman–Crippen MR) is 114 cm³/mol. The zero-order valence-corrected chi connectivity index (χ0v) is 17.8. The number of ether oxygens (including phenoxy) is 2. The molecular weight excluding hydrogens is 444 g/mol. The van der Waals surface area contributed by atoms with Crippen molar-refractivity contribution in [2.24, 2.45) is 0 Å². The summed E-state index contributed by atoms with van der Waals surface area (Å²) in [5.74, 6) is 0.408. The number of aromatic nitrogens is 1. The van der Waals surface area contributed by atoms with E-state index >= 15 is 0 Å². The van der Waals surface area contributed by atoms with Gasteiger partial charge in [-0.2, -0.15) is 0 Å². The Kier molecular flexibility index (Phi) is 5.17. The normalized spacial score (nSPS) is 12.9. The van der Waals surface area contributed by atoms with Crippen molar-refractivity contribution in [1.29, 1.82) is 0 Å². The minimum atomic E-state index is -0.321. The van der Waals surface area contributed by atoms with Gasteiger partial charge in [-0.1, -0.05) is 33.6 Å². The van der Waals surface area contributed by atoms with Crippen molar-refractivity contribution in [3.8, 4) is 16.9 Å². The van der Waals surface area contributed by atoms with Gasteiger partial charge in [0.15, 0.2) is 0 Å². The zero-order valence-electron chi connectivity index (χ0n) is 15.4. The Hall–Kier alpha value is -2.31. The highest BCUT2D eigenvalue weighted by atomic mass is 79.9. The molecule has 0 aliphatic carbocycles. The first-order chi connectivity index (χ1) is 13.5. The van der Waals surface area contributed by atoms with Gasteiger partial charge >= 0.3 is 5.97 Å². The molecule has 0 radical (unpaired) electrons. The number of nitrogens with zero attached hydrogens (tertiary/aromatic N) is 1. The second kappa shape index (κ2) is 7.60. The van der Waals surface area contributed by atoms with E-state index in [1.165, 1.54) is 7.11 Å². The number of rotatable bonds is 3. The maximum Gasteiger partial charge on any atom is 0.310 e. The van der Waals surface area contributed by atoms with E-state index in [1.807, 2.05) is 37.3 Å². The fourth-order valence-corrected chi connectivity index (χ4v) is 4.18. The Balaban J connectivity index is 2.04. The average molecular weight is 462 g/mol. The third-order valence-corrected chi connectivity index (χ3v) is 5.72. The van der Waals surface area contributed by atoms with Gasteiger partial charge in [0.1, 0.15) is 12.4 Å².